The molecule has 0 saturated heterocycles. The molecule has 0 aliphatic rings. The maximum absolute atomic E-state index is 12.4. The minimum Gasteiger partial charge on any atom is -0.497 e. The number of fused-ring (bicyclic) bond motifs is 1. The number of ether oxygens (including phenoxy) is 3. The standard InChI is InChI=1S/C24H22N4O5/c1-31-19-10-11-20(21(14-19)32-2)27-24(30)26-16-6-8-18(9-7-16)33-15-17-13-23(29)28-12-4-3-5-22(28)25-17/h3-14H,15H2,1-2H3,(H2,26,27,30). The molecule has 0 bridgehead atoms. The van der Waals surface area contributed by atoms with Gasteiger partial charge in [0.2, 0.25) is 0 Å². The summed E-state index contributed by atoms with van der Waals surface area (Å²) < 4.78 is 17.6. The Morgan fingerprint density at radius 2 is 1.73 bits per heavy atom. The number of carbonyl (C=O) groups is 1. The van der Waals surface area contributed by atoms with Gasteiger partial charge in [-0.25, -0.2) is 9.78 Å². The Labute approximate surface area is 189 Å². The number of aromatic nitrogens is 2. The zero-order valence-corrected chi connectivity index (χ0v) is 18.1. The SMILES string of the molecule is COc1ccc(NC(=O)Nc2ccc(OCc3cc(=O)n4ccccc4n3)cc2)c(OC)c1. The van der Waals surface area contributed by atoms with Crippen molar-refractivity contribution in [2.75, 3.05) is 24.9 Å². The Kier molecular flexibility index (Phi) is 6.40. The lowest BCUT2D eigenvalue weighted by molar-refractivity contribution is 0.262. The summed E-state index contributed by atoms with van der Waals surface area (Å²) in [5, 5.41) is 5.49. The first-order valence-corrected chi connectivity index (χ1v) is 10.1. The average Bonchev–Trinajstić information content (AvgIpc) is 2.84. The highest BCUT2D eigenvalue weighted by atomic mass is 16.5. The van der Waals surface area contributed by atoms with E-state index in [-0.39, 0.29) is 12.2 Å². The molecule has 33 heavy (non-hydrogen) atoms. The number of hydrogen-bond acceptors (Lipinski definition) is 6. The Hall–Kier alpha value is -4.53. The molecule has 4 aromatic rings. The second kappa shape index (κ2) is 9.73. The number of anilines is 2. The zero-order chi connectivity index (χ0) is 23.2. The lowest BCUT2D eigenvalue weighted by Gasteiger charge is -2.13. The van der Waals surface area contributed by atoms with Gasteiger partial charge in [0.25, 0.3) is 5.56 Å². The molecule has 9 nitrogen and oxygen atoms in total. The lowest BCUT2D eigenvalue weighted by atomic mass is 10.2. The van der Waals surface area contributed by atoms with Crippen LogP contribution in [0.4, 0.5) is 16.2 Å². The van der Waals surface area contributed by atoms with Gasteiger partial charge in [0.15, 0.2) is 0 Å². The molecule has 168 valence electrons. The number of nitrogens with one attached hydrogen (secondary N) is 2. The summed E-state index contributed by atoms with van der Waals surface area (Å²) >= 11 is 0. The van der Waals surface area contributed by atoms with E-state index in [1.54, 1.807) is 67.9 Å². The van der Waals surface area contributed by atoms with Gasteiger partial charge in [-0.1, -0.05) is 6.07 Å². The second-order valence-corrected chi connectivity index (χ2v) is 6.97. The van der Waals surface area contributed by atoms with Crippen LogP contribution in [0.2, 0.25) is 0 Å². The number of nitrogens with zero attached hydrogens (tertiary/aromatic N) is 2. The number of amides is 2. The van der Waals surface area contributed by atoms with E-state index in [9.17, 15) is 9.59 Å². The predicted octanol–water partition coefficient (Wildman–Crippen LogP) is 3.93. The van der Waals surface area contributed by atoms with Crippen molar-refractivity contribution in [3.8, 4) is 17.2 Å². The van der Waals surface area contributed by atoms with E-state index in [1.807, 2.05) is 6.07 Å². The fourth-order valence-corrected chi connectivity index (χ4v) is 3.16. The van der Waals surface area contributed by atoms with E-state index in [1.165, 1.54) is 17.6 Å². The maximum atomic E-state index is 12.4. The molecular formula is C24H22N4O5. The first kappa shape index (κ1) is 21.7. The highest BCUT2D eigenvalue weighted by Crippen LogP contribution is 2.29. The van der Waals surface area contributed by atoms with Gasteiger partial charge in [-0.3, -0.25) is 9.20 Å². The number of methoxy groups -OCH3 is 2. The molecule has 2 aromatic carbocycles. The smallest absolute Gasteiger partial charge is 0.323 e. The van der Waals surface area contributed by atoms with Crippen molar-refractivity contribution in [2.24, 2.45) is 0 Å². The molecule has 9 heteroatoms. The number of hydrogen-bond donors (Lipinski definition) is 2. The van der Waals surface area contributed by atoms with E-state index in [0.717, 1.165) is 0 Å². The highest BCUT2D eigenvalue weighted by molar-refractivity contribution is 6.00. The van der Waals surface area contributed by atoms with Gasteiger partial charge in [-0.2, -0.15) is 0 Å². The lowest BCUT2D eigenvalue weighted by Crippen LogP contribution is -2.19. The molecule has 0 spiro atoms. The van der Waals surface area contributed by atoms with Crippen molar-refractivity contribution in [1.82, 2.24) is 9.38 Å². The molecule has 0 saturated carbocycles. The van der Waals surface area contributed by atoms with Gasteiger partial charge in [-0.05, 0) is 48.5 Å². The third-order valence-corrected chi connectivity index (χ3v) is 4.78. The molecule has 2 heterocycles. The fourth-order valence-electron chi connectivity index (χ4n) is 3.16. The van der Waals surface area contributed by atoms with Crippen molar-refractivity contribution in [3.05, 3.63) is 89.0 Å². The monoisotopic (exact) mass is 446 g/mol. The van der Waals surface area contributed by atoms with Gasteiger partial charge < -0.3 is 24.8 Å². The largest absolute Gasteiger partial charge is 0.497 e. The predicted molar refractivity (Wildman–Crippen MR) is 124 cm³/mol. The molecule has 2 aromatic heterocycles. The molecule has 2 amide bonds. The Morgan fingerprint density at radius 1 is 0.939 bits per heavy atom. The molecule has 2 N–H and O–H groups in total. The van der Waals surface area contributed by atoms with Crippen LogP contribution < -0.4 is 30.4 Å². The first-order chi connectivity index (χ1) is 16.1. The first-order valence-electron chi connectivity index (χ1n) is 10.1. The average molecular weight is 446 g/mol. The van der Waals surface area contributed by atoms with Gasteiger partial charge in [0, 0.05) is 24.0 Å². The molecular weight excluding hydrogens is 424 g/mol. The highest BCUT2D eigenvalue weighted by Gasteiger charge is 2.09. The third kappa shape index (κ3) is 5.21. The van der Waals surface area contributed by atoms with Crippen LogP contribution in [-0.4, -0.2) is 29.6 Å². The number of pyridine rings is 1. The van der Waals surface area contributed by atoms with Crippen molar-refractivity contribution < 1.29 is 19.0 Å². The normalized spacial score (nSPS) is 10.5. The van der Waals surface area contributed by atoms with Gasteiger partial charge in [0.05, 0.1) is 25.6 Å². The van der Waals surface area contributed by atoms with E-state index in [2.05, 4.69) is 15.6 Å². The summed E-state index contributed by atoms with van der Waals surface area (Å²) in [6.07, 6.45) is 1.67. The molecule has 0 fully saturated rings. The number of benzene rings is 2. The summed E-state index contributed by atoms with van der Waals surface area (Å²) in [5.74, 6) is 1.68. The summed E-state index contributed by atoms with van der Waals surface area (Å²) in [6, 6.07) is 18.3. The Balaban J connectivity index is 1.36. The van der Waals surface area contributed by atoms with E-state index < -0.39 is 6.03 Å². The number of urea groups is 1. The van der Waals surface area contributed by atoms with E-state index >= 15 is 0 Å². The summed E-state index contributed by atoms with van der Waals surface area (Å²) in [6.45, 7) is 0.144. The Bertz CT molecular complexity index is 1340. The zero-order valence-electron chi connectivity index (χ0n) is 18.1. The maximum Gasteiger partial charge on any atom is 0.323 e. The topological polar surface area (TPSA) is 103 Å². The van der Waals surface area contributed by atoms with Crippen LogP contribution in [0.3, 0.4) is 0 Å². The van der Waals surface area contributed by atoms with Crippen LogP contribution in [0.25, 0.3) is 5.65 Å². The molecule has 0 unspecified atom stereocenters. The van der Waals surface area contributed by atoms with E-state index in [0.29, 0.717) is 40.0 Å². The minimum atomic E-state index is -0.423. The van der Waals surface area contributed by atoms with Gasteiger partial charge in [-0.15, -0.1) is 0 Å². The number of rotatable bonds is 7. The van der Waals surface area contributed by atoms with Crippen LogP contribution in [0.15, 0.2) is 77.7 Å². The quantitative estimate of drug-likeness (QED) is 0.446. The van der Waals surface area contributed by atoms with E-state index in [4.69, 9.17) is 14.2 Å². The summed E-state index contributed by atoms with van der Waals surface area (Å²) in [4.78, 5) is 29.0. The van der Waals surface area contributed by atoms with Crippen molar-refractivity contribution in [1.29, 1.82) is 0 Å². The minimum absolute atomic E-state index is 0.144. The van der Waals surface area contributed by atoms with Gasteiger partial charge in [0.1, 0.15) is 29.5 Å². The number of carbonyl (C=O) groups excluding carboxylic acids is 1. The summed E-state index contributed by atoms with van der Waals surface area (Å²) in [7, 11) is 3.07. The van der Waals surface area contributed by atoms with Crippen LogP contribution in [0.1, 0.15) is 5.69 Å². The van der Waals surface area contributed by atoms with Crippen LogP contribution in [0, 0.1) is 0 Å². The fraction of sp³-hybridized carbons (Fsp3) is 0.125. The second-order valence-electron chi connectivity index (χ2n) is 6.97. The Morgan fingerprint density at radius 3 is 2.48 bits per heavy atom. The molecule has 0 radical (unpaired) electrons. The van der Waals surface area contributed by atoms with Crippen molar-refractivity contribution in [2.45, 2.75) is 6.61 Å². The van der Waals surface area contributed by atoms with Crippen LogP contribution in [-0.2, 0) is 6.61 Å². The molecule has 0 aliphatic carbocycles. The molecule has 0 atom stereocenters. The molecule has 0 aliphatic heterocycles. The van der Waals surface area contributed by atoms with Crippen LogP contribution in [0.5, 0.6) is 17.2 Å². The molecule has 4 rings (SSSR count). The van der Waals surface area contributed by atoms with Crippen LogP contribution >= 0.6 is 0 Å². The van der Waals surface area contributed by atoms with Crippen molar-refractivity contribution in [3.63, 3.8) is 0 Å². The van der Waals surface area contributed by atoms with Crippen molar-refractivity contribution >= 4 is 23.1 Å². The third-order valence-electron chi connectivity index (χ3n) is 4.78. The van der Waals surface area contributed by atoms with Gasteiger partial charge >= 0.3 is 6.03 Å². The summed E-state index contributed by atoms with van der Waals surface area (Å²) in [5.41, 5.74) is 2.01.